The summed E-state index contributed by atoms with van der Waals surface area (Å²) >= 11 is 0. The van der Waals surface area contributed by atoms with Gasteiger partial charge in [0.15, 0.2) is 11.6 Å². The third-order valence-electron chi connectivity index (χ3n) is 5.00. The topological polar surface area (TPSA) is 77.4 Å². The number of rotatable bonds is 4. The SMILES string of the molecule is COc1cccc(-c2nc3c(c(C(C)C)n2)Cc2c(CO)cnc(C)c2O3)c1. The van der Waals surface area contributed by atoms with Crippen LogP contribution in [-0.2, 0) is 13.0 Å². The molecule has 0 amide bonds. The molecule has 0 aliphatic carbocycles. The Hall–Kier alpha value is -2.99. The van der Waals surface area contributed by atoms with Gasteiger partial charge in [-0.05, 0) is 25.0 Å². The van der Waals surface area contributed by atoms with Gasteiger partial charge in [0.05, 0.1) is 25.1 Å². The first kappa shape index (κ1) is 18.4. The van der Waals surface area contributed by atoms with Gasteiger partial charge in [0.2, 0.25) is 5.88 Å². The minimum absolute atomic E-state index is 0.0753. The largest absolute Gasteiger partial charge is 0.497 e. The summed E-state index contributed by atoms with van der Waals surface area (Å²) in [6.45, 7) is 6.04. The number of fused-ring (bicyclic) bond motifs is 2. The van der Waals surface area contributed by atoms with Crippen LogP contribution in [0.25, 0.3) is 11.4 Å². The molecule has 6 nitrogen and oxygen atoms in total. The van der Waals surface area contributed by atoms with E-state index in [4.69, 9.17) is 19.4 Å². The summed E-state index contributed by atoms with van der Waals surface area (Å²) in [4.78, 5) is 13.9. The van der Waals surface area contributed by atoms with Crippen LogP contribution in [0.2, 0.25) is 0 Å². The summed E-state index contributed by atoms with van der Waals surface area (Å²) in [5, 5.41) is 9.71. The number of aliphatic hydroxyl groups is 1. The first-order chi connectivity index (χ1) is 13.5. The highest BCUT2D eigenvalue weighted by atomic mass is 16.5. The Labute approximate surface area is 164 Å². The Kier molecular flexibility index (Phi) is 4.73. The van der Waals surface area contributed by atoms with Crippen LogP contribution in [0.1, 0.15) is 47.8 Å². The average Bonchev–Trinajstić information content (AvgIpc) is 2.72. The summed E-state index contributed by atoms with van der Waals surface area (Å²) < 4.78 is 11.5. The quantitative estimate of drug-likeness (QED) is 0.575. The second-order valence-electron chi connectivity index (χ2n) is 7.22. The number of nitrogens with zero attached hydrogens (tertiary/aromatic N) is 3. The van der Waals surface area contributed by atoms with Gasteiger partial charge in [-0.25, -0.2) is 4.98 Å². The lowest BCUT2D eigenvalue weighted by Crippen LogP contribution is -2.15. The zero-order chi connectivity index (χ0) is 19.8. The molecule has 1 aromatic carbocycles. The first-order valence-corrected chi connectivity index (χ1v) is 9.33. The van der Waals surface area contributed by atoms with E-state index in [1.807, 2.05) is 31.2 Å². The molecule has 28 heavy (non-hydrogen) atoms. The molecule has 0 radical (unpaired) electrons. The fourth-order valence-electron chi connectivity index (χ4n) is 3.51. The van der Waals surface area contributed by atoms with Crippen molar-refractivity contribution in [3.8, 4) is 28.8 Å². The lowest BCUT2D eigenvalue weighted by atomic mass is 9.93. The predicted molar refractivity (Wildman–Crippen MR) is 106 cm³/mol. The second kappa shape index (κ2) is 7.20. The van der Waals surface area contributed by atoms with Crippen LogP contribution in [-0.4, -0.2) is 27.2 Å². The molecular formula is C22H23N3O3. The highest BCUT2D eigenvalue weighted by Gasteiger charge is 2.28. The Balaban J connectivity index is 1.88. The van der Waals surface area contributed by atoms with Crippen molar-refractivity contribution in [3.63, 3.8) is 0 Å². The molecule has 0 atom stereocenters. The fourth-order valence-corrected chi connectivity index (χ4v) is 3.51. The summed E-state index contributed by atoms with van der Waals surface area (Å²) in [7, 11) is 1.64. The molecule has 3 aromatic rings. The average molecular weight is 377 g/mol. The zero-order valence-corrected chi connectivity index (χ0v) is 16.5. The summed E-state index contributed by atoms with van der Waals surface area (Å²) in [5.41, 5.74) is 5.31. The normalized spacial score (nSPS) is 12.4. The van der Waals surface area contributed by atoms with Gasteiger partial charge in [0, 0.05) is 34.9 Å². The molecule has 0 saturated carbocycles. The van der Waals surface area contributed by atoms with Gasteiger partial charge in [-0.2, -0.15) is 4.98 Å². The van der Waals surface area contributed by atoms with Crippen molar-refractivity contribution in [2.75, 3.05) is 7.11 Å². The van der Waals surface area contributed by atoms with Crippen molar-refractivity contribution in [2.45, 2.75) is 39.7 Å². The molecule has 1 aliphatic rings. The number of benzene rings is 1. The van der Waals surface area contributed by atoms with Crippen LogP contribution < -0.4 is 9.47 Å². The summed E-state index contributed by atoms with van der Waals surface area (Å²) in [6.07, 6.45) is 2.33. The number of ether oxygens (including phenoxy) is 2. The van der Waals surface area contributed by atoms with E-state index >= 15 is 0 Å². The maximum absolute atomic E-state index is 9.71. The Morgan fingerprint density at radius 1 is 1.21 bits per heavy atom. The molecule has 1 aliphatic heterocycles. The molecule has 2 aromatic heterocycles. The molecule has 1 N–H and O–H groups in total. The maximum Gasteiger partial charge on any atom is 0.226 e. The minimum Gasteiger partial charge on any atom is -0.497 e. The first-order valence-electron chi connectivity index (χ1n) is 9.33. The highest BCUT2D eigenvalue weighted by molar-refractivity contribution is 5.61. The Bertz CT molecular complexity index is 1050. The molecule has 6 heteroatoms. The van der Waals surface area contributed by atoms with Crippen molar-refractivity contribution in [3.05, 3.63) is 58.5 Å². The molecule has 0 unspecified atom stereocenters. The summed E-state index contributed by atoms with van der Waals surface area (Å²) in [6, 6.07) is 7.69. The van der Waals surface area contributed by atoms with Gasteiger partial charge in [-0.1, -0.05) is 26.0 Å². The molecule has 144 valence electrons. The van der Waals surface area contributed by atoms with Crippen molar-refractivity contribution in [1.82, 2.24) is 15.0 Å². The molecule has 0 bridgehead atoms. The maximum atomic E-state index is 9.71. The highest BCUT2D eigenvalue weighted by Crippen LogP contribution is 2.41. The monoisotopic (exact) mass is 377 g/mol. The molecular weight excluding hydrogens is 354 g/mol. The van der Waals surface area contributed by atoms with Gasteiger partial charge in [0.1, 0.15) is 5.75 Å². The van der Waals surface area contributed by atoms with Crippen molar-refractivity contribution in [1.29, 1.82) is 0 Å². The van der Waals surface area contributed by atoms with Crippen LogP contribution in [0.15, 0.2) is 30.5 Å². The lowest BCUT2D eigenvalue weighted by molar-refractivity contribution is 0.278. The Morgan fingerprint density at radius 3 is 2.75 bits per heavy atom. The van der Waals surface area contributed by atoms with Crippen LogP contribution in [0.4, 0.5) is 0 Å². The van der Waals surface area contributed by atoms with E-state index in [0.717, 1.165) is 39.4 Å². The van der Waals surface area contributed by atoms with E-state index in [-0.39, 0.29) is 12.5 Å². The van der Waals surface area contributed by atoms with Gasteiger partial charge >= 0.3 is 0 Å². The van der Waals surface area contributed by atoms with Gasteiger partial charge in [-0.15, -0.1) is 0 Å². The second-order valence-corrected chi connectivity index (χ2v) is 7.22. The lowest BCUT2D eigenvalue weighted by Gasteiger charge is -2.25. The van der Waals surface area contributed by atoms with Crippen LogP contribution >= 0.6 is 0 Å². The minimum atomic E-state index is -0.0753. The third-order valence-corrected chi connectivity index (χ3v) is 5.00. The van der Waals surface area contributed by atoms with E-state index in [1.165, 1.54) is 0 Å². The number of aromatic nitrogens is 3. The number of aliphatic hydroxyl groups excluding tert-OH is 1. The molecule has 0 fully saturated rings. The summed E-state index contributed by atoms with van der Waals surface area (Å²) in [5.74, 6) is 2.80. The standard InChI is InChI=1S/C22H23N3O3/c1-12(2)19-18-9-17-15(11-26)10-23-13(3)20(17)28-22(18)25-21(24-19)14-6-5-7-16(8-14)27-4/h5-8,10,12,26H,9,11H2,1-4H3. The third kappa shape index (κ3) is 3.10. The van der Waals surface area contributed by atoms with Crippen LogP contribution in [0, 0.1) is 6.92 Å². The van der Waals surface area contributed by atoms with E-state index < -0.39 is 0 Å². The zero-order valence-electron chi connectivity index (χ0n) is 16.5. The number of hydrogen-bond donors (Lipinski definition) is 1. The van der Waals surface area contributed by atoms with Crippen molar-refractivity contribution in [2.24, 2.45) is 0 Å². The molecule has 0 spiro atoms. The Morgan fingerprint density at radius 2 is 2.04 bits per heavy atom. The molecule has 3 heterocycles. The van der Waals surface area contributed by atoms with Gasteiger partial charge < -0.3 is 14.6 Å². The van der Waals surface area contributed by atoms with Gasteiger partial charge in [0.25, 0.3) is 0 Å². The van der Waals surface area contributed by atoms with Crippen molar-refractivity contribution < 1.29 is 14.6 Å². The number of aryl methyl sites for hydroxylation is 1. The number of pyridine rings is 1. The smallest absolute Gasteiger partial charge is 0.226 e. The van der Waals surface area contributed by atoms with Crippen LogP contribution in [0.5, 0.6) is 17.4 Å². The number of methoxy groups -OCH3 is 1. The van der Waals surface area contributed by atoms with Crippen LogP contribution in [0.3, 0.4) is 0 Å². The van der Waals surface area contributed by atoms with Crippen molar-refractivity contribution >= 4 is 0 Å². The molecule has 0 saturated heterocycles. The van der Waals surface area contributed by atoms with E-state index in [2.05, 4.69) is 18.8 Å². The van der Waals surface area contributed by atoms with E-state index in [1.54, 1.807) is 13.3 Å². The number of hydrogen-bond acceptors (Lipinski definition) is 6. The van der Waals surface area contributed by atoms with E-state index in [9.17, 15) is 5.11 Å². The molecule has 4 rings (SSSR count). The van der Waals surface area contributed by atoms with Gasteiger partial charge in [-0.3, -0.25) is 4.98 Å². The predicted octanol–water partition coefficient (Wildman–Crippen LogP) is 4.17. The fraction of sp³-hybridized carbons (Fsp3) is 0.318. The van der Waals surface area contributed by atoms with E-state index in [0.29, 0.717) is 23.9 Å².